The smallest absolute Gasteiger partial charge is 0.306 e. The summed E-state index contributed by atoms with van der Waals surface area (Å²) in [6, 6.07) is 7.88. The van der Waals surface area contributed by atoms with Crippen molar-refractivity contribution >= 4 is 5.97 Å². The maximum Gasteiger partial charge on any atom is 0.306 e. The molecule has 1 aromatic rings. The van der Waals surface area contributed by atoms with Gasteiger partial charge in [0.05, 0.1) is 13.5 Å². The largest absolute Gasteiger partial charge is 0.469 e. The Morgan fingerprint density at radius 2 is 2.06 bits per heavy atom. The van der Waals surface area contributed by atoms with Crippen LogP contribution in [0.25, 0.3) is 0 Å². The van der Waals surface area contributed by atoms with Crippen molar-refractivity contribution < 1.29 is 9.53 Å². The third-order valence-corrected chi connectivity index (χ3v) is 3.23. The molecule has 1 aliphatic rings. The zero-order valence-corrected chi connectivity index (χ0v) is 9.32. The molecule has 0 N–H and O–H groups in total. The number of rotatable bonds is 3. The number of esters is 1. The van der Waals surface area contributed by atoms with Crippen LogP contribution >= 0.6 is 0 Å². The Hall–Kier alpha value is -1.75. The molecule has 1 fully saturated rings. The van der Waals surface area contributed by atoms with E-state index in [9.17, 15) is 4.79 Å². The molecule has 0 heterocycles. The van der Waals surface area contributed by atoms with Crippen molar-refractivity contribution in [2.75, 3.05) is 7.11 Å². The van der Waals surface area contributed by atoms with Crippen molar-refractivity contribution in [2.45, 2.75) is 24.7 Å². The standard InChI is InChI=1S/C14H14O2/c1-3-11-4-6-12(7-5-11)14(8-9-14)10-13(15)16-2/h1,4-7H,8-10H2,2H3. The van der Waals surface area contributed by atoms with Crippen LogP contribution in [-0.4, -0.2) is 13.1 Å². The van der Waals surface area contributed by atoms with Gasteiger partial charge in [-0.3, -0.25) is 4.79 Å². The molecule has 0 spiro atoms. The summed E-state index contributed by atoms with van der Waals surface area (Å²) in [6.07, 6.45) is 7.88. The van der Waals surface area contributed by atoms with Gasteiger partial charge >= 0.3 is 5.97 Å². The van der Waals surface area contributed by atoms with E-state index < -0.39 is 0 Å². The van der Waals surface area contributed by atoms with Gasteiger partial charge in [-0.2, -0.15) is 0 Å². The lowest BCUT2D eigenvalue weighted by molar-refractivity contribution is -0.141. The zero-order chi connectivity index (χ0) is 11.6. The van der Waals surface area contributed by atoms with E-state index >= 15 is 0 Å². The zero-order valence-electron chi connectivity index (χ0n) is 9.32. The SMILES string of the molecule is C#Cc1ccc(C2(CC(=O)OC)CC2)cc1. The third kappa shape index (κ3) is 1.94. The highest BCUT2D eigenvalue weighted by atomic mass is 16.5. The number of carbonyl (C=O) groups excluding carboxylic acids is 1. The van der Waals surface area contributed by atoms with Crippen LogP contribution in [-0.2, 0) is 14.9 Å². The third-order valence-electron chi connectivity index (χ3n) is 3.23. The molecule has 0 saturated heterocycles. The first-order valence-electron chi connectivity index (χ1n) is 5.34. The van der Waals surface area contributed by atoms with Crippen LogP contribution in [0.2, 0.25) is 0 Å². The highest BCUT2D eigenvalue weighted by molar-refractivity contribution is 5.72. The summed E-state index contributed by atoms with van der Waals surface area (Å²) in [5.74, 6) is 2.45. The molecular weight excluding hydrogens is 200 g/mol. The first kappa shape index (κ1) is 10.8. The Morgan fingerprint density at radius 1 is 1.44 bits per heavy atom. The molecule has 2 rings (SSSR count). The van der Waals surface area contributed by atoms with Crippen molar-refractivity contribution in [3.8, 4) is 12.3 Å². The van der Waals surface area contributed by atoms with E-state index in [1.807, 2.05) is 24.3 Å². The summed E-state index contributed by atoms with van der Waals surface area (Å²) in [5, 5.41) is 0. The Labute approximate surface area is 95.6 Å². The van der Waals surface area contributed by atoms with E-state index in [-0.39, 0.29) is 11.4 Å². The highest BCUT2D eigenvalue weighted by Gasteiger charge is 2.46. The molecule has 1 aromatic carbocycles. The van der Waals surface area contributed by atoms with Gasteiger partial charge in [0.1, 0.15) is 0 Å². The van der Waals surface area contributed by atoms with Gasteiger partial charge in [0.25, 0.3) is 0 Å². The number of carbonyl (C=O) groups is 1. The molecule has 0 amide bonds. The van der Waals surface area contributed by atoms with Gasteiger partial charge in [-0.05, 0) is 30.5 Å². The van der Waals surface area contributed by atoms with E-state index in [2.05, 4.69) is 5.92 Å². The second-order valence-electron chi connectivity index (χ2n) is 4.25. The fourth-order valence-corrected chi connectivity index (χ4v) is 1.99. The number of methoxy groups -OCH3 is 1. The molecule has 0 radical (unpaired) electrons. The minimum absolute atomic E-state index is 0.0141. The molecule has 1 saturated carbocycles. The lowest BCUT2D eigenvalue weighted by atomic mass is 9.92. The second-order valence-corrected chi connectivity index (χ2v) is 4.25. The molecule has 0 aromatic heterocycles. The Kier molecular flexibility index (Phi) is 2.70. The fourth-order valence-electron chi connectivity index (χ4n) is 1.99. The monoisotopic (exact) mass is 214 g/mol. The quantitative estimate of drug-likeness (QED) is 0.570. The van der Waals surface area contributed by atoms with Gasteiger partial charge in [0.15, 0.2) is 0 Å². The van der Waals surface area contributed by atoms with Gasteiger partial charge in [-0.25, -0.2) is 0 Å². The maximum absolute atomic E-state index is 11.3. The first-order valence-corrected chi connectivity index (χ1v) is 5.34. The molecule has 2 heteroatoms. The van der Waals surface area contributed by atoms with E-state index in [4.69, 9.17) is 11.2 Å². The van der Waals surface area contributed by atoms with Crippen LogP contribution in [0, 0.1) is 12.3 Å². The molecule has 1 aliphatic carbocycles. The Balaban J connectivity index is 2.17. The molecule has 0 aliphatic heterocycles. The summed E-state index contributed by atoms with van der Waals surface area (Å²) in [7, 11) is 1.43. The van der Waals surface area contributed by atoms with Crippen LogP contribution in [0.15, 0.2) is 24.3 Å². The van der Waals surface area contributed by atoms with Gasteiger partial charge in [-0.15, -0.1) is 6.42 Å². The highest BCUT2D eigenvalue weighted by Crippen LogP contribution is 2.51. The average Bonchev–Trinajstić information content (AvgIpc) is 3.10. The van der Waals surface area contributed by atoms with Crippen molar-refractivity contribution in [2.24, 2.45) is 0 Å². The first-order chi connectivity index (χ1) is 7.70. The van der Waals surface area contributed by atoms with Crippen LogP contribution in [0.4, 0.5) is 0 Å². The van der Waals surface area contributed by atoms with Gasteiger partial charge < -0.3 is 4.74 Å². The topological polar surface area (TPSA) is 26.3 Å². The second kappa shape index (κ2) is 4.02. The Morgan fingerprint density at radius 3 is 2.50 bits per heavy atom. The van der Waals surface area contributed by atoms with Crippen LogP contribution in [0.5, 0.6) is 0 Å². The van der Waals surface area contributed by atoms with Crippen LogP contribution in [0.3, 0.4) is 0 Å². The molecule has 0 bridgehead atoms. The van der Waals surface area contributed by atoms with Crippen molar-refractivity contribution in [1.29, 1.82) is 0 Å². The van der Waals surface area contributed by atoms with Crippen molar-refractivity contribution in [1.82, 2.24) is 0 Å². The number of ether oxygens (including phenoxy) is 1. The summed E-state index contributed by atoms with van der Waals surface area (Å²) < 4.78 is 4.72. The predicted molar refractivity (Wildman–Crippen MR) is 61.9 cm³/mol. The lowest BCUT2D eigenvalue weighted by Gasteiger charge is -2.13. The summed E-state index contributed by atoms with van der Waals surface area (Å²) in [4.78, 5) is 11.3. The van der Waals surface area contributed by atoms with E-state index in [1.165, 1.54) is 12.7 Å². The van der Waals surface area contributed by atoms with Gasteiger partial charge in [0.2, 0.25) is 0 Å². The molecule has 2 nitrogen and oxygen atoms in total. The minimum atomic E-state index is -0.140. The fraction of sp³-hybridized carbons (Fsp3) is 0.357. The van der Waals surface area contributed by atoms with Crippen molar-refractivity contribution in [3.63, 3.8) is 0 Å². The van der Waals surface area contributed by atoms with Crippen LogP contribution in [0.1, 0.15) is 30.4 Å². The molecule has 0 atom stereocenters. The lowest BCUT2D eigenvalue weighted by Crippen LogP contribution is -2.14. The van der Waals surface area contributed by atoms with E-state index in [1.54, 1.807) is 0 Å². The van der Waals surface area contributed by atoms with E-state index in [0.29, 0.717) is 6.42 Å². The summed E-state index contributed by atoms with van der Waals surface area (Å²) in [6.45, 7) is 0. The molecule has 16 heavy (non-hydrogen) atoms. The predicted octanol–water partition coefficient (Wildman–Crippen LogP) is 2.26. The van der Waals surface area contributed by atoms with Gasteiger partial charge in [-0.1, -0.05) is 18.1 Å². The number of hydrogen-bond donors (Lipinski definition) is 0. The maximum atomic E-state index is 11.3. The summed E-state index contributed by atoms with van der Waals surface area (Å²) >= 11 is 0. The minimum Gasteiger partial charge on any atom is -0.469 e. The molecule has 82 valence electrons. The van der Waals surface area contributed by atoms with Crippen LogP contribution < -0.4 is 0 Å². The number of hydrogen-bond acceptors (Lipinski definition) is 2. The van der Waals surface area contributed by atoms with E-state index in [0.717, 1.165) is 18.4 Å². The summed E-state index contributed by atoms with van der Waals surface area (Å²) in [5.41, 5.74) is 2.08. The number of terminal acetylenes is 1. The number of benzene rings is 1. The van der Waals surface area contributed by atoms with Crippen molar-refractivity contribution in [3.05, 3.63) is 35.4 Å². The van der Waals surface area contributed by atoms with Gasteiger partial charge in [0, 0.05) is 11.0 Å². The normalized spacial score (nSPS) is 16.2. The average molecular weight is 214 g/mol. The molecule has 0 unspecified atom stereocenters. The molecular formula is C14H14O2. The Bertz CT molecular complexity index is 433.